The van der Waals surface area contributed by atoms with E-state index in [0.29, 0.717) is 0 Å². The minimum absolute atomic E-state index is 0.167. The number of aldehydes is 1. The minimum Gasteiger partial charge on any atom is -0.298 e. The molecule has 0 spiro atoms. The van der Waals surface area contributed by atoms with Gasteiger partial charge in [-0.05, 0) is 19.1 Å². The Morgan fingerprint density at radius 3 is 2.31 bits per heavy atom. The number of carbonyl (C=O) groups is 2. The molecule has 0 atom stereocenters. The van der Waals surface area contributed by atoms with Gasteiger partial charge in [-0.25, -0.2) is 0 Å². The molecule has 0 bridgehead atoms. The van der Waals surface area contributed by atoms with Crippen LogP contribution in [-0.2, 0) is 6.18 Å². The molecule has 0 unspecified atom stereocenters. The van der Waals surface area contributed by atoms with E-state index in [4.69, 9.17) is 0 Å². The van der Waals surface area contributed by atoms with Gasteiger partial charge in [0.25, 0.3) is 0 Å². The fourth-order valence-electron chi connectivity index (χ4n) is 1.32. The maximum Gasteiger partial charge on any atom is 0.417 e. The standard InChI is InChI=1S/C10H6BrF3O2/c1-5(16)9-6(4-15)8(11)3-2-7(9)10(12,13)14/h2-4H,1H3. The fourth-order valence-corrected chi connectivity index (χ4v) is 1.75. The second kappa shape index (κ2) is 4.37. The van der Waals surface area contributed by atoms with Gasteiger partial charge < -0.3 is 0 Å². The molecule has 0 aromatic heterocycles. The predicted octanol–water partition coefficient (Wildman–Crippen LogP) is 3.48. The summed E-state index contributed by atoms with van der Waals surface area (Å²) in [5, 5.41) is 0. The molecule has 0 amide bonds. The van der Waals surface area contributed by atoms with Crippen molar-refractivity contribution in [3.63, 3.8) is 0 Å². The molecule has 2 nitrogen and oxygen atoms in total. The first-order valence-electron chi connectivity index (χ1n) is 4.15. The fraction of sp³-hybridized carbons (Fsp3) is 0.200. The highest BCUT2D eigenvalue weighted by Gasteiger charge is 2.36. The van der Waals surface area contributed by atoms with Crippen LogP contribution < -0.4 is 0 Å². The Labute approximate surface area is 97.6 Å². The van der Waals surface area contributed by atoms with Crippen LogP contribution in [0.1, 0.15) is 33.2 Å². The highest BCUT2D eigenvalue weighted by Crippen LogP contribution is 2.35. The van der Waals surface area contributed by atoms with Crippen LogP contribution >= 0.6 is 15.9 Å². The Hall–Kier alpha value is -1.17. The highest BCUT2D eigenvalue weighted by molar-refractivity contribution is 9.10. The lowest BCUT2D eigenvalue weighted by Gasteiger charge is -2.13. The summed E-state index contributed by atoms with van der Waals surface area (Å²) in [6, 6.07) is 1.87. The van der Waals surface area contributed by atoms with Crippen molar-refractivity contribution >= 4 is 28.0 Å². The van der Waals surface area contributed by atoms with Crippen molar-refractivity contribution < 1.29 is 22.8 Å². The van der Waals surface area contributed by atoms with Crippen LogP contribution in [0.4, 0.5) is 13.2 Å². The van der Waals surface area contributed by atoms with Crippen molar-refractivity contribution in [2.24, 2.45) is 0 Å². The number of halogens is 4. The van der Waals surface area contributed by atoms with Crippen LogP contribution in [-0.4, -0.2) is 12.1 Å². The Morgan fingerprint density at radius 2 is 1.94 bits per heavy atom. The topological polar surface area (TPSA) is 34.1 Å². The first kappa shape index (κ1) is 12.9. The largest absolute Gasteiger partial charge is 0.417 e. The second-order valence-corrected chi connectivity index (χ2v) is 3.91. The third-order valence-electron chi connectivity index (χ3n) is 1.97. The molecule has 0 aliphatic heterocycles. The lowest BCUT2D eigenvalue weighted by atomic mass is 9.98. The molecule has 0 aliphatic carbocycles. The molecule has 0 aliphatic rings. The van der Waals surface area contributed by atoms with Gasteiger partial charge in [-0.2, -0.15) is 13.2 Å². The zero-order valence-electron chi connectivity index (χ0n) is 8.06. The van der Waals surface area contributed by atoms with E-state index >= 15 is 0 Å². The van der Waals surface area contributed by atoms with Crippen LogP contribution in [0.15, 0.2) is 16.6 Å². The summed E-state index contributed by atoms with van der Waals surface area (Å²) in [7, 11) is 0. The molecule has 0 fully saturated rings. The van der Waals surface area contributed by atoms with Gasteiger partial charge in [-0.15, -0.1) is 0 Å². The molecule has 0 N–H and O–H groups in total. The van der Waals surface area contributed by atoms with Crippen LogP contribution in [0.3, 0.4) is 0 Å². The predicted molar refractivity (Wildman–Crippen MR) is 54.5 cm³/mol. The first-order chi connectivity index (χ1) is 7.29. The zero-order chi connectivity index (χ0) is 12.5. The summed E-state index contributed by atoms with van der Waals surface area (Å²) in [5.41, 5.74) is -1.97. The van der Waals surface area contributed by atoms with Crippen LogP contribution in [0.2, 0.25) is 0 Å². The number of alkyl halides is 3. The van der Waals surface area contributed by atoms with Crippen molar-refractivity contribution in [1.29, 1.82) is 0 Å². The van der Waals surface area contributed by atoms with Crippen molar-refractivity contribution in [2.45, 2.75) is 13.1 Å². The molecule has 0 heterocycles. The van der Waals surface area contributed by atoms with Gasteiger partial charge >= 0.3 is 6.18 Å². The van der Waals surface area contributed by atoms with Gasteiger partial charge in [-0.1, -0.05) is 15.9 Å². The van der Waals surface area contributed by atoms with Crippen molar-refractivity contribution in [2.75, 3.05) is 0 Å². The van der Waals surface area contributed by atoms with Crippen LogP contribution in [0.5, 0.6) is 0 Å². The van der Waals surface area contributed by atoms with Crippen molar-refractivity contribution in [1.82, 2.24) is 0 Å². The molecule has 1 aromatic carbocycles. The van der Waals surface area contributed by atoms with Crippen molar-refractivity contribution in [3.05, 3.63) is 33.3 Å². The van der Waals surface area contributed by atoms with Gasteiger partial charge in [0, 0.05) is 15.6 Å². The zero-order valence-corrected chi connectivity index (χ0v) is 9.65. The van der Waals surface area contributed by atoms with Crippen molar-refractivity contribution in [3.8, 4) is 0 Å². The number of rotatable bonds is 2. The third kappa shape index (κ3) is 2.32. The summed E-state index contributed by atoms with van der Waals surface area (Å²) < 4.78 is 37.9. The quantitative estimate of drug-likeness (QED) is 0.618. The average Bonchev–Trinajstić information content (AvgIpc) is 2.14. The number of hydrogen-bond acceptors (Lipinski definition) is 2. The molecule has 6 heteroatoms. The maximum absolute atomic E-state index is 12.6. The summed E-state index contributed by atoms with van der Waals surface area (Å²) in [4.78, 5) is 21.8. The van der Waals surface area contributed by atoms with E-state index in [2.05, 4.69) is 15.9 Å². The monoisotopic (exact) mass is 294 g/mol. The van der Waals surface area contributed by atoms with Gasteiger partial charge in [0.1, 0.15) is 0 Å². The second-order valence-electron chi connectivity index (χ2n) is 3.06. The van der Waals surface area contributed by atoms with E-state index in [0.717, 1.165) is 19.1 Å². The Kier molecular flexibility index (Phi) is 3.52. The molecule has 0 saturated heterocycles. The number of benzene rings is 1. The molecule has 0 radical (unpaired) electrons. The molecular weight excluding hydrogens is 289 g/mol. The molecule has 1 rings (SSSR count). The van der Waals surface area contributed by atoms with Gasteiger partial charge in [0.05, 0.1) is 5.56 Å². The lowest BCUT2D eigenvalue weighted by molar-refractivity contribution is -0.137. The number of ketones is 1. The molecule has 1 aromatic rings. The normalized spacial score (nSPS) is 11.3. The maximum atomic E-state index is 12.6. The van der Waals surface area contributed by atoms with E-state index in [-0.39, 0.29) is 16.3 Å². The molecule has 16 heavy (non-hydrogen) atoms. The summed E-state index contributed by atoms with van der Waals surface area (Å²) in [6.45, 7) is 0.990. The number of hydrogen-bond donors (Lipinski definition) is 0. The van der Waals surface area contributed by atoms with Gasteiger partial charge in [0.15, 0.2) is 12.1 Å². The minimum atomic E-state index is -4.65. The highest BCUT2D eigenvalue weighted by atomic mass is 79.9. The summed E-state index contributed by atoms with van der Waals surface area (Å²) in [6.07, 6.45) is -4.42. The summed E-state index contributed by atoms with van der Waals surface area (Å²) in [5.74, 6) is -0.796. The van der Waals surface area contributed by atoms with Crippen LogP contribution in [0, 0.1) is 0 Å². The number of Topliss-reactive ketones (excluding diaryl/α,β-unsaturated/α-hetero) is 1. The number of carbonyl (C=O) groups excluding carboxylic acids is 2. The van der Waals surface area contributed by atoms with Crippen LogP contribution in [0.25, 0.3) is 0 Å². The SMILES string of the molecule is CC(=O)c1c(C(F)(F)F)ccc(Br)c1C=O. The van der Waals surface area contributed by atoms with E-state index in [9.17, 15) is 22.8 Å². The third-order valence-corrected chi connectivity index (χ3v) is 2.66. The molecule has 86 valence electrons. The van der Waals surface area contributed by atoms with E-state index in [1.807, 2.05) is 0 Å². The molecule has 0 saturated carbocycles. The average molecular weight is 295 g/mol. The van der Waals surface area contributed by atoms with E-state index < -0.39 is 23.1 Å². The smallest absolute Gasteiger partial charge is 0.298 e. The first-order valence-corrected chi connectivity index (χ1v) is 4.94. The van der Waals surface area contributed by atoms with Gasteiger partial charge in [0.2, 0.25) is 0 Å². The Morgan fingerprint density at radius 1 is 1.38 bits per heavy atom. The van der Waals surface area contributed by atoms with E-state index in [1.165, 1.54) is 0 Å². The van der Waals surface area contributed by atoms with E-state index in [1.54, 1.807) is 0 Å². The lowest BCUT2D eigenvalue weighted by Crippen LogP contribution is -2.14. The van der Waals surface area contributed by atoms with Gasteiger partial charge in [-0.3, -0.25) is 9.59 Å². The molecular formula is C10H6BrF3O2. The Bertz CT molecular complexity index is 452. The summed E-state index contributed by atoms with van der Waals surface area (Å²) >= 11 is 2.93. The Balaban J connectivity index is 3.65.